The van der Waals surface area contributed by atoms with Crippen molar-refractivity contribution in [3.8, 4) is 0 Å². The van der Waals surface area contributed by atoms with Gasteiger partial charge >= 0.3 is 6.03 Å². The van der Waals surface area contributed by atoms with E-state index in [4.69, 9.17) is 0 Å². The minimum Gasteiger partial charge on any atom is -0.378 e. The lowest BCUT2D eigenvalue weighted by Gasteiger charge is -2.31. The molecule has 1 aromatic carbocycles. The molecule has 0 aliphatic carbocycles. The van der Waals surface area contributed by atoms with Crippen LogP contribution in [0.1, 0.15) is 19.8 Å². The molecule has 1 unspecified atom stereocenters. The molecule has 1 N–H and O–H groups in total. The van der Waals surface area contributed by atoms with Crippen LogP contribution in [0.3, 0.4) is 0 Å². The predicted molar refractivity (Wildman–Crippen MR) is 79.8 cm³/mol. The number of urea groups is 1. The lowest BCUT2D eigenvalue weighted by molar-refractivity contribution is 0.182. The van der Waals surface area contributed by atoms with Crippen LogP contribution < -0.4 is 10.2 Å². The molecule has 1 atom stereocenters. The third-order valence-electron chi connectivity index (χ3n) is 3.56. The highest BCUT2D eigenvalue weighted by molar-refractivity contribution is 5.90. The summed E-state index contributed by atoms with van der Waals surface area (Å²) in [7, 11) is 3.99. The Balaban J connectivity index is 2.00. The summed E-state index contributed by atoms with van der Waals surface area (Å²) in [5, 5.41) is 2.99. The number of hydrogen-bond donors (Lipinski definition) is 1. The van der Waals surface area contributed by atoms with Crippen molar-refractivity contribution in [3.63, 3.8) is 0 Å². The van der Waals surface area contributed by atoms with Crippen molar-refractivity contribution < 1.29 is 4.79 Å². The second-order valence-electron chi connectivity index (χ2n) is 5.57. The largest absolute Gasteiger partial charge is 0.378 e. The van der Waals surface area contributed by atoms with E-state index in [9.17, 15) is 4.79 Å². The maximum absolute atomic E-state index is 12.2. The zero-order valence-corrected chi connectivity index (χ0v) is 12.0. The van der Waals surface area contributed by atoms with Gasteiger partial charge in [-0.2, -0.15) is 0 Å². The van der Waals surface area contributed by atoms with E-state index in [-0.39, 0.29) is 6.03 Å². The fourth-order valence-electron chi connectivity index (χ4n) is 2.44. The average molecular weight is 261 g/mol. The number of benzene rings is 1. The molecule has 2 rings (SSSR count). The molecule has 0 aromatic heterocycles. The van der Waals surface area contributed by atoms with Crippen molar-refractivity contribution in [2.75, 3.05) is 37.4 Å². The van der Waals surface area contributed by atoms with Crippen LogP contribution in [-0.2, 0) is 0 Å². The molecule has 4 nitrogen and oxygen atoms in total. The average Bonchev–Trinajstić information content (AvgIpc) is 2.39. The van der Waals surface area contributed by atoms with Crippen molar-refractivity contribution in [1.82, 2.24) is 4.90 Å². The summed E-state index contributed by atoms with van der Waals surface area (Å²) in [4.78, 5) is 16.1. The van der Waals surface area contributed by atoms with Crippen molar-refractivity contribution in [2.45, 2.75) is 19.8 Å². The van der Waals surface area contributed by atoms with Gasteiger partial charge in [0.15, 0.2) is 0 Å². The van der Waals surface area contributed by atoms with Gasteiger partial charge in [-0.1, -0.05) is 13.0 Å². The first-order valence-electron chi connectivity index (χ1n) is 6.89. The maximum Gasteiger partial charge on any atom is 0.321 e. The Morgan fingerprint density at radius 3 is 2.89 bits per heavy atom. The number of nitrogens with one attached hydrogen (secondary N) is 1. The van der Waals surface area contributed by atoms with E-state index in [1.165, 1.54) is 6.42 Å². The quantitative estimate of drug-likeness (QED) is 0.888. The highest BCUT2D eigenvalue weighted by Crippen LogP contribution is 2.19. The lowest BCUT2D eigenvalue weighted by Crippen LogP contribution is -2.41. The maximum atomic E-state index is 12.2. The number of piperidine rings is 1. The summed E-state index contributed by atoms with van der Waals surface area (Å²) in [6, 6.07) is 7.92. The molecule has 0 spiro atoms. The minimum absolute atomic E-state index is 0.0162. The van der Waals surface area contributed by atoms with Crippen LogP contribution in [0.25, 0.3) is 0 Å². The summed E-state index contributed by atoms with van der Waals surface area (Å²) in [6.07, 6.45) is 2.33. The van der Waals surface area contributed by atoms with Gasteiger partial charge in [-0.3, -0.25) is 0 Å². The Bertz CT molecular complexity index is 445. The van der Waals surface area contributed by atoms with Gasteiger partial charge < -0.3 is 15.1 Å². The number of carbonyl (C=O) groups excluding carboxylic acids is 1. The van der Waals surface area contributed by atoms with Crippen LogP contribution in [0.15, 0.2) is 24.3 Å². The fourth-order valence-corrected chi connectivity index (χ4v) is 2.44. The first-order valence-corrected chi connectivity index (χ1v) is 6.89. The van der Waals surface area contributed by atoms with Gasteiger partial charge in [0.1, 0.15) is 0 Å². The first kappa shape index (κ1) is 13.7. The number of amides is 2. The Hall–Kier alpha value is -1.71. The highest BCUT2D eigenvalue weighted by atomic mass is 16.2. The molecule has 1 aliphatic heterocycles. The summed E-state index contributed by atoms with van der Waals surface area (Å²) >= 11 is 0. The van der Waals surface area contributed by atoms with E-state index in [0.29, 0.717) is 5.92 Å². The van der Waals surface area contributed by atoms with Crippen LogP contribution in [0.2, 0.25) is 0 Å². The molecule has 1 saturated heterocycles. The molecule has 2 amide bonds. The van der Waals surface area contributed by atoms with E-state index in [2.05, 4.69) is 12.2 Å². The number of hydrogen-bond acceptors (Lipinski definition) is 2. The van der Waals surface area contributed by atoms with Gasteiger partial charge in [0, 0.05) is 38.6 Å². The van der Waals surface area contributed by atoms with Crippen LogP contribution in [-0.4, -0.2) is 38.1 Å². The van der Waals surface area contributed by atoms with Crippen LogP contribution >= 0.6 is 0 Å². The van der Waals surface area contributed by atoms with Gasteiger partial charge in [-0.15, -0.1) is 0 Å². The van der Waals surface area contributed by atoms with Gasteiger partial charge in [0.05, 0.1) is 0 Å². The normalized spacial score (nSPS) is 19.1. The Morgan fingerprint density at radius 2 is 2.21 bits per heavy atom. The molecule has 0 radical (unpaired) electrons. The molecule has 1 fully saturated rings. The number of rotatable bonds is 2. The van der Waals surface area contributed by atoms with Crippen molar-refractivity contribution in [1.29, 1.82) is 0 Å². The van der Waals surface area contributed by atoms with E-state index < -0.39 is 0 Å². The third-order valence-corrected chi connectivity index (χ3v) is 3.56. The monoisotopic (exact) mass is 261 g/mol. The van der Waals surface area contributed by atoms with E-state index >= 15 is 0 Å². The molecule has 1 aromatic rings. The first-order chi connectivity index (χ1) is 9.06. The molecule has 1 heterocycles. The van der Waals surface area contributed by atoms with E-state index in [1.54, 1.807) is 0 Å². The van der Waals surface area contributed by atoms with Gasteiger partial charge in [-0.25, -0.2) is 4.79 Å². The second kappa shape index (κ2) is 5.95. The zero-order valence-electron chi connectivity index (χ0n) is 12.0. The zero-order chi connectivity index (χ0) is 13.8. The number of carbonyl (C=O) groups is 1. The van der Waals surface area contributed by atoms with Gasteiger partial charge in [0.2, 0.25) is 0 Å². The standard InChI is InChI=1S/C15H23N3O/c1-12-6-5-9-18(11-12)15(19)16-13-7-4-8-14(10-13)17(2)3/h4,7-8,10,12H,5-6,9,11H2,1-3H3,(H,16,19). The topological polar surface area (TPSA) is 35.6 Å². The minimum atomic E-state index is 0.0162. The van der Waals surface area contributed by atoms with E-state index in [0.717, 1.165) is 30.9 Å². The molecule has 1 aliphatic rings. The molecule has 19 heavy (non-hydrogen) atoms. The Morgan fingerprint density at radius 1 is 1.42 bits per heavy atom. The fraction of sp³-hybridized carbons (Fsp3) is 0.533. The molecule has 104 valence electrons. The number of likely N-dealkylation sites (tertiary alicyclic amines) is 1. The molecule has 4 heteroatoms. The Kier molecular flexibility index (Phi) is 4.30. The third kappa shape index (κ3) is 3.63. The summed E-state index contributed by atoms with van der Waals surface area (Å²) in [5.41, 5.74) is 1.94. The van der Waals surface area contributed by atoms with Crippen molar-refractivity contribution >= 4 is 17.4 Å². The van der Waals surface area contributed by atoms with Gasteiger partial charge in [-0.05, 0) is 37.0 Å². The predicted octanol–water partition coefficient (Wildman–Crippen LogP) is 3.02. The van der Waals surface area contributed by atoms with Crippen molar-refractivity contribution in [3.05, 3.63) is 24.3 Å². The second-order valence-corrected chi connectivity index (χ2v) is 5.57. The van der Waals surface area contributed by atoms with Gasteiger partial charge in [0.25, 0.3) is 0 Å². The molecular formula is C15H23N3O. The van der Waals surface area contributed by atoms with Crippen LogP contribution in [0.5, 0.6) is 0 Å². The summed E-state index contributed by atoms with van der Waals surface area (Å²) in [5.74, 6) is 0.604. The van der Waals surface area contributed by atoms with E-state index in [1.807, 2.05) is 48.2 Å². The molecule has 0 bridgehead atoms. The summed E-state index contributed by atoms with van der Waals surface area (Å²) in [6.45, 7) is 3.93. The van der Waals surface area contributed by atoms with Crippen LogP contribution in [0, 0.1) is 5.92 Å². The van der Waals surface area contributed by atoms with Crippen molar-refractivity contribution in [2.24, 2.45) is 5.92 Å². The lowest BCUT2D eigenvalue weighted by atomic mass is 10.0. The number of anilines is 2. The molecular weight excluding hydrogens is 238 g/mol. The molecule has 0 saturated carbocycles. The Labute approximate surface area is 115 Å². The number of nitrogens with zero attached hydrogens (tertiary/aromatic N) is 2. The van der Waals surface area contributed by atoms with Crippen LogP contribution in [0.4, 0.5) is 16.2 Å². The SMILES string of the molecule is CC1CCCN(C(=O)Nc2cccc(N(C)C)c2)C1. The summed E-state index contributed by atoms with van der Waals surface area (Å²) < 4.78 is 0. The smallest absolute Gasteiger partial charge is 0.321 e. The highest BCUT2D eigenvalue weighted by Gasteiger charge is 2.20.